The SMILES string of the molecule is Cc1ccc(-c2ccc(C=O)c(=O)[nH]2)c(C)c1. The predicted molar refractivity (Wildman–Crippen MR) is 67.4 cm³/mol. The van der Waals surface area contributed by atoms with Gasteiger partial charge in [-0.3, -0.25) is 9.59 Å². The van der Waals surface area contributed by atoms with Gasteiger partial charge < -0.3 is 4.98 Å². The van der Waals surface area contributed by atoms with Crippen molar-refractivity contribution in [2.24, 2.45) is 0 Å². The van der Waals surface area contributed by atoms with Crippen LogP contribution in [0, 0.1) is 13.8 Å². The Morgan fingerprint density at radius 1 is 1.12 bits per heavy atom. The molecule has 1 aromatic heterocycles. The first-order valence-electron chi connectivity index (χ1n) is 5.38. The molecule has 3 heteroatoms. The van der Waals surface area contributed by atoms with Crippen molar-refractivity contribution in [3.63, 3.8) is 0 Å². The Labute approximate surface area is 99.1 Å². The van der Waals surface area contributed by atoms with Gasteiger partial charge in [-0.2, -0.15) is 0 Å². The average Bonchev–Trinajstić information content (AvgIpc) is 2.29. The van der Waals surface area contributed by atoms with E-state index in [0.29, 0.717) is 6.29 Å². The summed E-state index contributed by atoms with van der Waals surface area (Å²) < 4.78 is 0. The second-order valence-corrected chi connectivity index (χ2v) is 4.09. The van der Waals surface area contributed by atoms with Crippen LogP contribution in [0.15, 0.2) is 35.1 Å². The molecular formula is C14H13NO2. The molecule has 1 N–H and O–H groups in total. The molecule has 0 aliphatic rings. The highest BCUT2D eigenvalue weighted by Crippen LogP contribution is 2.21. The molecule has 2 rings (SSSR count). The van der Waals surface area contributed by atoms with Crippen molar-refractivity contribution in [2.45, 2.75) is 13.8 Å². The molecule has 0 spiro atoms. The number of benzene rings is 1. The van der Waals surface area contributed by atoms with Crippen LogP contribution in [0.5, 0.6) is 0 Å². The van der Waals surface area contributed by atoms with E-state index in [9.17, 15) is 9.59 Å². The van der Waals surface area contributed by atoms with E-state index in [2.05, 4.69) is 11.1 Å². The second kappa shape index (κ2) is 4.37. The molecule has 0 amide bonds. The number of H-pyrrole nitrogens is 1. The maximum absolute atomic E-state index is 11.5. The summed E-state index contributed by atoms with van der Waals surface area (Å²) >= 11 is 0. The zero-order valence-electron chi connectivity index (χ0n) is 9.78. The third-order valence-electron chi connectivity index (χ3n) is 2.74. The molecule has 0 aliphatic carbocycles. The van der Waals surface area contributed by atoms with Crippen molar-refractivity contribution in [1.29, 1.82) is 0 Å². The molecule has 17 heavy (non-hydrogen) atoms. The average molecular weight is 227 g/mol. The molecule has 3 nitrogen and oxygen atoms in total. The van der Waals surface area contributed by atoms with Gasteiger partial charge in [-0.25, -0.2) is 0 Å². The van der Waals surface area contributed by atoms with Crippen LogP contribution in [0.2, 0.25) is 0 Å². The largest absolute Gasteiger partial charge is 0.321 e. The Morgan fingerprint density at radius 2 is 1.88 bits per heavy atom. The van der Waals surface area contributed by atoms with Gasteiger partial charge in [-0.1, -0.05) is 23.8 Å². The van der Waals surface area contributed by atoms with Crippen LogP contribution >= 0.6 is 0 Å². The van der Waals surface area contributed by atoms with E-state index in [0.717, 1.165) is 16.8 Å². The number of nitrogens with one attached hydrogen (secondary N) is 1. The lowest BCUT2D eigenvalue weighted by Crippen LogP contribution is -2.12. The highest BCUT2D eigenvalue weighted by molar-refractivity contribution is 5.75. The number of hydrogen-bond donors (Lipinski definition) is 1. The van der Waals surface area contributed by atoms with Gasteiger partial charge in [-0.05, 0) is 31.5 Å². The predicted octanol–water partition coefficient (Wildman–Crippen LogP) is 2.47. The van der Waals surface area contributed by atoms with E-state index in [4.69, 9.17) is 0 Å². The Morgan fingerprint density at radius 3 is 2.47 bits per heavy atom. The third kappa shape index (κ3) is 2.18. The Balaban J connectivity index is 2.57. The summed E-state index contributed by atoms with van der Waals surface area (Å²) in [7, 11) is 0. The highest BCUT2D eigenvalue weighted by atomic mass is 16.1. The fourth-order valence-corrected chi connectivity index (χ4v) is 1.85. The quantitative estimate of drug-likeness (QED) is 0.801. The van der Waals surface area contributed by atoms with Gasteiger partial charge in [0.2, 0.25) is 0 Å². The van der Waals surface area contributed by atoms with Crippen molar-refractivity contribution in [3.05, 3.63) is 57.4 Å². The van der Waals surface area contributed by atoms with E-state index >= 15 is 0 Å². The van der Waals surface area contributed by atoms with Crippen LogP contribution in [-0.4, -0.2) is 11.3 Å². The van der Waals surface area contributed by atoms with Crippen LogP contribution < -0.4 is 5.56 Å². The van der Waals surface area contributed by atoms with Crippen LogP contribution in [0.4, 0.5) is 0 Å². The number of aldehydes is 1. The third-order valence-corrected chi connectivity index (χ3v) is 2.74. The lowest BCUT2D eigenvalue weighted by molar-refractivity contribution is 0.112. The molecule has 0 unspecified atom stereocenters. The molecule has 1 heterocycles. The van der Waals surface area contributed by atoms with E-state index in [1.807, 2.05) is 26.0 Å². The number of rotatable bonds is 2. The number of pyridine rings is 1. The molecule has 0 bridgehead atoms. The summed E-state index contributed by atoms with van der Waals surface area (Å²) in [6.45, 7) is 4.02. The Hall–Kier alpha value is -2.16. The van der Waals surface area contributed by atoms with Gasteiger partial charge in [0.05, 0.1) is 5.56 Å². The van der Waals surface area contributed by atoms with Gasteiger partial charge >= 0.3 is 0 Å². The van der Waals surface area contributed by atoms with Crippen LogP contribution in [0.1, 0.15) is 21.5 Å². The number of aromatic amines is 1. The van der Waals surface area contributed by atoms with Gasteiger partial charge in [0.15, 0.2) is 6.29 Å². The number of aryl methyl sites for hydroxylation is 2. The number of hydrogen-bond acceptors (Lipinski definition) is 2. The van der Waals surface area contributed by atoms with Gasteiger partial charge in [0.1, 0.15) is 0 Å². The summed E-state index contributed by atoms with van der Waals surface area (Å²) in [5, 5.41) is 0. The zero-order valence-corrected chi connectivity index (χ0v) is 9.78. The van der Waals surface area contributed by atoms with Gasteiger partial charge in [-0.15, -0.1) is 0 Å². The molecule has 2 aromatic rings. The zero-order chi connectivity index (χ0) is 12.4. The monoisotopic (exact) mass is 227 g/mol. The number of carbonyl (C=O) groups excluding carboxylic acids is 1. The number of carbonyl (C=O) groups is 1. The summed E-state index contributed by atoms with van der Waals surface area (Å²) in [6, 6.07) is 9.31. The fourth-order valence-electron chi connectivity index (χ4n) is 1.85. The molecule has 86 valence electrons. The first-order valence-corrected chi connectivity index (χ1v) is 5.38. The smallest absolute Gasteiger partial charge is 0.258 e. The Bertz CT molecular complexity index is 626. The highest BCUT2D eigenvalue weighted by Gasteiger charge is 2.04. The normalized spacial score (nSPS) is 10.2. The number of aromatic nitrogens is 1. The first kappa shape index (κ1) is 11.3. The van der Waals surface area contributed by atoms with Crippen LogP contribution in [0.25, 0.3) is 11.3 Å². The lowest BCUT2D eigenvalue weighted by Gasteiger charge is -2.06. The topological polar surface area (TPSA) is 49.9 Å². The van der Waals surface area contributed by atoms with Crippen molar-refractivity contribution < 1.29 is 4.79 Å². The summed E-state index contributed by atoms with van der Waals surface area (Å²) in [6.07, 6.45) is 0.560. The van der Waals surface area contributed by atoms with Gasteiger partial charge in [0, 0.05) is 11.3 Å². The fraction of sp³-hybridized carbons (Fsp3) is 0.143. The summed E-state index contributed by atoms with van der Waals surface area (Å²) in [5.41, 5.74) is 3.79. The van der Waals surface area contributed by atoms with E-state index in [-0.39, 0.29) is 11.1 Å². The maximum Gasteiger partial charge on any atom is 0.258 e. The van der Waals surface area contributed by atoms with Gasteiger partial charge in [0.25, 0.3) is 5.56 Å². The van der Waals surface area contributed by atoms with Crippen molar-refractivity contribution in [2.75, 3.05) is 0 Å². The van der Waals surface area contributed by atoms with Crippen molar-refractivity contribution in [1.82, 2.24) is 4.98 Å². The van der Waals surface area contributed by atoms with E-state index in [1.165, 1.54) is 5.56 Å². The lowest BCUT2D eigenvalue weighted by atomic mass is 10.0. The van der Waals surface area contributed by atoms with Crippen LogP contribution in [-0.2, 0) is 0 Å². The van der Waals surface area contributed by atoms with E-state index in [1.54, 1.807) is 12.1 Å². The molecule has 0 saturated heterocycles. The molecule has 0 radical (unpaired) electrons. The maximum atomic E-state index is 11.5. The molecule has 0 saturated carbocycles. The second-order valence-electron chi connectivity index (χ2n) is 4.09. The standard InChI is InChI=1S/C14H13NO2/c1-9-3-5-12(10(2)7-9)13-6-4-11(8-16)14(17)15-13/h3-8H,1-2H3,(H,15,17). The van der Waals surface area contributed by atoms with Crippen LogP contribution in [0.3, 0.4) is 0 Å². The minimum absolute atomic E-state index is 0.151. The molecule has 0 aliphatic heterocycles. The minimum Gasteiger partial charge on any atom is -0.321 e. The first-order chi connectivity index (χ1) is 8.11. The molecular weight excluding hydrogens is 214 g/mol. The Kier molecular flexibility index (Phi) is 2.91. The molecule has 0 atom stereocenters. The van der Waals surface area contributed by atoms with Crippen molar-refractivity contribution >= 4 is 6.29 Å². The summed E-state index contributed by atoms with van der Waals surface area (Å²) in [5.74, 6) is 0. The summed E-state index contributed by atoms with van der Waals surface area (Å²) in [4.78, 5) is 24.8. The minimum atomic E-state index is -0.350. The molecule has 0 fully saturated rings. The van der Waals surface area contributed by atoms with E-state index < -0.39 is 0 Å². The molecule has 1 aromatic carbocycles. The van der Waals surface area contributed by atoms with Crippen molar-refractivity contribution in [3.8, 4) is 11.3 Å².